The van der Waals surface area contributed by atoms with Crippen LogP contribution in [0.5, 0.6) is 0 Å². The number of hydrogen-bond acceptors (Lipinski definition) is 7. The van der Waals surface area contributed by atoms with Crippen LogP contribution < -0.4 is 4.90 Å². The topological polar surface area (TPSA) is 85.5 Å². The Morgan fingerprint density at radius 1 is 1.06 bits per heavy atom. The highest BCUT2D eigenvalue weighted by atomic mass is 32.1. The standard InChI is InChI=1S/C23H16F3N3O4S/c1-29(21(30)18-7-4-12-34-18)17-6-3-2-5-16(17)22(31)32-13-19-27-20(28-33-19)14-8-10-15(11-9-14)23(24,25)26/h2-12H,13H2,1H3. The molecule has 0 spiro atoms. The van der Waals surface area contributed by atoms with Crippen molar-refractivity contribution in [1.29, 1.82) is 0 Å². The predicted octanol–water partition coefficient (Wildman–Crippen LogP) is 5.45. The van der Waals surface area contributed by atoms with Gasteiger partial charge in [-0.2, -0.15) is 18.2 Å². The average molecular weight is 487 g/mol. The lowest BCUT2D eigenvalue weighted by Gasteiger charge is -2.19. The third-order valence-corrected chi connectivity index (χ3v) is 5.65. The SMILES string of the molecule is CN(C(=O)c1cccs1)c1ccccc1C(=O)OCc1nc(-c2ccc(C(F)(F)F)cc2)no1. The van der Waals surface area contributed by atoms with Gasteiger partial charge in [0.2, 0.25) is 5.82 Å². The molecule has 1 amide bonds. The fraction of sp³-hybridized carbons (Fsp3) is 0.130. The summed E-state index contributed by atoms with van der Waals surface area (Å²) in [7, 11) is 1.56. The highest BCUT2D eigenvalue weighted by Crippen LogP contribution is 2.30. The minimum atomic E-state index is -4.45. The molecule has 2 heterocycles. The Morgan fingerprint density at radius 3 is 2.47 bits per heavy atom. The molecule has 0 fully saturated rings. The molecule has 0 radical (unpaired) electrons. The number of rotatable bonds is 6. The van der Waals surface area contributed by atoms with Crippen molar-refractivity contribution in [3.63, 3.8) is 0 Å². The first-order chi connectivity index (χ1) is 16.2. The van der Waals surface area contributed by atoms with Crippen molar-refractivity contribution in [2.24, 2.45) is 0 Å². The third kappa shape index (κ3) is 4.99. The van der Waals surface area contributed by atoms with Gasteiger partial charge in [0.05, 0.1) is 21.7 Å². The van der Waals surface area contributed by atoms with Gasteiger partial charge in [0.25, 0.3) is 11.8 Å². The van der Waals surface area contributed by atoms with Crippen molar-refractivity contribution in [2.75, 3.05) is 11.9 Å². The van der Waals surface area contributed by atoms with Gasteiger partial charge in [0.1, 0.15) is 0 Å². The molecule has 0 aliphatic rings. The summed E-state index contributed by atoms with van der Waals surface area (Å²) in [5.74, 6) is -0.964. The number of para-hydroxylation sites is 1. The van der Waals surface area contributed by atoms with Gasteiger partial charge in [0.15, 0.2) is 6.61 Å². The van der Waals surface area contributed by atoms with Crippen LogP contribution in [0, 0.1) is 0 Å². The van der Waals surface area contributed by atoms with Crippen LogP contribution in [0.4, 0.5) is 18.9 Å². The Balaban J connectivity index is 1.44. The predicted molar refractivity (Wildman–Crippen MR) is 117 cm³/mol. The number of carbonyl (C=O) groups is 2. The minimum Gasteiger partial charge on any atom is -0.452 e. The maximum Gasteiger partial charge on any atom is 0.416 e. The van der Waals surface area contributed by atoms with Crippen LogP contribution in [0.3, 0.4) is 0 Å². The zero-order valence-corrected chi connectivity index (χ0v) is 18.4. The van der Waals surface area contributed by atoms with E-state index in [1.54, 1.807) is 42.8 Å². The van der Waals surface area contributed by atoms with Crippen LogP contribution >= 0.6 is 11.3 Å². The van der Waals surface area contributed by atoms with E-state index in [0.29, 0.717) is 16.1 Å². The Labute approximate surface area is 195 Å². The number of ether oxygens (including phenoxy) is 1. The lowest BCUT2D eigenvalue weighted by Crippen LogP contribution is -2.27. The number of nitrogens with zero attached hydrogens (tertiary/aromatic N) is 3. The van der Waals surface area contributed by atoms with E-state index in [1.807, 2.05) is 0 Å². The fourth-order valence-electron chi connectivity index (χ4n) is 3.06. The molecule has 4 rings (SSSR count). The number of anilines is 1. The molecular weight excluding hydrogens is 471 g/mol. The van der Waals surface area contributed by atoms with E-state index in [2.05, 4.69) is 10.1 Å². The molecule has 0 unspecified atom stereocenters. The second-order valence-electron chi connectivity index (χ2n) is 7.02. The molecule has 0 saturated heterocycles. The number of carbonyl (C=O) groups excluding carboxylic acids is 2. The van der Waals surface area contributed by atoms with Gasteiger partial charge >= 0.3 is 12.1 Å². The Kier molecular flexibility index (Phi) is 6.46. The van der Waals surface area contributed by atoms with E-state index < -0.39 is 17.7 Å². The number of amides is 1. The molecule has 0 saturated carbocycles. The zero-order valence-electron chi connectivity index (χ0n) is 17.6. The maximum absolute atomic E-state index is 12.7. The van der Waals surface area contributed by atoms with Crippen molar-refractivity contribution < 1.29 is 32.0 Å². The molecule has 4 aromatic rings. The van der Waals surface area contributed by atoms with Crippen molar-refractivity contribution in [3.8, 4) is 11.4 Å². The second-order valence-corrected chi connectivity index (χ2v) is 7.97. The van der Waals surface area contributed by atoms with Gasteiger partial charge in [-0.05, 0) is 35.7 Å². The highest BCUT2D eigenvalue weighted by Gasteiger charge is 2.30. The molecule has 34 heavy (non-hydrogen) atoms. The van der Waals surface area contributed by atoms with E-state index >= 15 is 0 Å². The van der Waals surface area contributed by atoms with Gasteiger partial charge in [0, 0.05) is 12.6 Å². The first-order valence-electron chi connectivity index (χ1n) is 9.82. The van der Waals surface area contributed by atoms with Gasteiger partial charge in [-0.25, -0.2) is 4.79 Å². The first kappa shape index (κ1) is 23.2. The number of alkyl halides is 3. The van der Waals surface area contributed by atoms with E-state index in [0.717, 1.165) is 12.1 Å². The summed E-state index contributed by atoms with van der Waals surface area (Å²) in [5, 5.41) is 5.50. The van der Waals surface area contributed by atoms with Gasteiger partial charge in [-0.3, -0.25) is 4.79 Å². The largest absolute Gasteiger partial charge is 0.452 e. The number of aromatic nitrogens is 2. The van der Waals surface area contributed by atoms with E-state index in [-0.39, 0.29) is 29.8 Å². The lowest BCUT2D eigenvalue weighted by molar-refractivity contribution is -0.137. The van der Waals surface area contributed by atoms with Crippen LogP contribution in [0.2, 0.25) is 0 Å². The average Bonchev–Trinajstić information content (AvgIpc) is 3.54. The molecular formula is C23H16F3N3O4S. The molecule has 2 aromatic heterocycles. The smallest absolute Gasteiger partial charge is 0.416 e. The summed E-state index contributed by atoms with van der Waals surface area (Å²) >= 11 is 1.29. The zero-order chi connectivity index (χ0) is 24.3. The molecule has 0 atom stereocenters. The number of benzene rings is 2. The van der Waals surface area contributed by atoms with Gasteiger partial charge < -0.3 is 14.2 Å². The van der Waals surface area contributed by atoms with Crippen LogP contribution in [0.1, 0.15) is 31.5 Å². The molecule has 0 bridgehead atoms. The second kappa shape index (κ2) is 9.48. The van der Waals surface area contributed by atoms with E-state index in [1.165, 1.54) is 34.4 Å². The molecule has 11 heteroatoms. The molecule has 2 aromatic carbocycles. The Hall–Kier alpha value is -3.99. The lowest BCUT2D eigenvalue weighted by atomic mass is 10.1. The first-order valence-corrected chi connectivity index (χ1v) is 10.7. The summed E-state index contributed by atoms with van der Waals surface area (Å²) in [6.07, 6.45) is -4.45. The third-order valence-electron chi connectivity index (χ3n) is 4.79. The number of thiophene rings is 1. The summed E-state index contributed by atoms with van der Waals surface area (Å²) in [6.45, 7) is -0.358. The van der Waals surface area contributed by atoms with Crippen molar-refractivity contribution in [1.82, 2.24) is 10.1 Å². The van der Waals surface area contributed by atoms with E-state index in [4.69, 9.17) is 9.26 Å². The summed E-state index contributed by atoms with van der Waals surface area (Å²) in [4.78, 5) is 31.3. The van der Waals surface area contributed by atoms with Gasteiger partial charge in [-0.15, -0.1) is 11.3 Å². The Morgan fingerprint density at radius 2 is 1.79 bits per heavy atom. The highest BCUT2D eigenvalue weighted by molar-refractivity contribution is 7.12. The van der Waals surface area contributed by atoms with Crippen LogP contribution in [-0.4, -0.2) is 29.1 Å². The number of halogens is 3. The molecule has 7 nitrogen and oxygen atoms in total. The maximum atomic E-state index is 12.7. The fourth-order valence-corrected chi connectivity index (χ4v) is 3.76. The number of esters is 1. The minimum absolute atomic E-state index is 0.0382. The summed E-state index contributed by atoms with van der Waals surface area (Å²) in [5.41, 5.74) is 0.0442. The molecule has 174 valence electrons. The summed E-state index contributed by atoms with van der Waals surface area (Å²) in [6, 6.07) is 14.2. The number of hydrogen-bond donors (Lipinski definition) is 0. The molecule has 0 N–H and O–H groups in total. The van der Waals surface area contributed by atoms with Crippen LogP contribution in [0.25, 0.3) is 11.4 Å². The van der Waals surface area contributed by atoms with Crippen molar-refractivity contribution in [3.05, 3.63) is 87.9 Å². The van der Waals surface area contributed by atoms with Gasteiger partial charge in [-0.1, -0.05) is 35.5 Å². The monoisotopic (exact) mass is 487 g/mol. The quantitative estimate of drug-likeness (QED) is 0.336. The van der Waals surface area contributed by atoms with E-state index in [9.17, 15) is 22.8 Å². The summed E-state index contributed by atoms with van der Waals surface area (Å²) < 4.78 is 48.5. The van der Waals surface area contributed by atoms with Crippen LogP contribution in [0.15, 0.2) is 70.6 Å². The van der Waals surface area contributed by atoms with Crippen LogP contribution in [-0.2, 0) is 17.5 Å². The molecule has 0 aliphatic carbocycles. The van der Waals surface area contributed by atoms with Crippen molar-refractivity contribution in [2.45, 2.75) is 12.8 Å². The Bertz CT molecular complexity index is 1300. The normalized spacial score (nSPS) is 11.3. The van der Waals surface area contributed by atoms with Crippen molar-refractivity contribution >= 4 is 28.9 Å². The molecule has 0 aliphatic heterocycles.